The molecule has 0 radical (unpaired) electrons. The van der Waals surface area contributed by atoms with Gasteiger partial charge in [-0.15, -0.1) is 0 Å². The zero-order valence-electron chi connectivity index (χ0n) is 6.26. The van der Waals surface area contributed by atoms with Gasteiger partial charge in [0.05, 0.1) is 0 Å². The van der Waals surface area contributed by atoms with E-state index in [0.717, 1.165) is 0 Å². The zero-order chi connectivity index (χ0) is 12.3. The predicted molar refractivity (Wildman–Crippen MR) is 33.3 cm³/mol. The van der Waals surface area contributed by atoms with Crippen LogP contribution in [0.5, 0.6) is 0 Å². The van der Waals surface area contributed by atoms with Gasteiger partial charge in [0.1, 0.15) is 0 Å². The van der Waals surface area contributed by atoms with Crippen LogP contribution in [0.2, 0.25) is 0 Å². The van der Waals surface area contributed by atoms with Gasteiger partial charge in [0.15, 0.2) is 0 Å². The van der Waals surface area contributed by atoms with E-state index in [1.807, 2.05) is 0 Å². The number of halogens is 9. The molecule has 0 amide bonds. The fourth-order valence-corrected chi connectivity index (χ4v) is 0.941. The highest BCUT2D eigenvalue weighted by atomic mass is 35.5. The van der Waals surface area contributed by atoms with Crippen molar-refractivity contribution in [3.63, 3.8) is 0 Å². The van der Waals surface area contributed by atoms with Crippen molar-refractivity contribution < 1.29 is 35.6 Å². The molecule has 1 heterocycles. The first-order chi connectivity index (χ1) is 6.34. The summed E-state index contributed by atoms with van der Waals surface area (Å²) in [6.07, 6.45) is -5.91. The smallest absolute Gasteiger partial charge is 0.227 e. The molecule has 0 bridgehead atoms. The second-order valence-corrected chi connectivity index (χ2v) is 3.47. The Kier molecular flexibility index (Phi) is 2.63. The minimum absolute atomic E-state index is 1.70. The molecule has 0 aliphatic carbocycles. The van der Waals surface area contributed by atoms with Gasteiger partial charge in [-0.25, -0.2) is 4.84 Å². The zero-order valence-corrected chi connectivity index (χ0v) is 7.77. The number of hydrogen-bond donors (Lipinski definition) is 0. The van der Waals surface area contributed by atoms with Crippen LogP contribution >= 0.6 is 23.2 Å². The molecule has 0 N–H and O–H groups in total. The Bertz CT molecular complexity index is 277. The van der Waals surface area contributed by atoms with E-state index in [2.05, 4.69) is 28.0 Å². The number of rotatable bonds is 1. The van der Waals surface area contributed by atoms with Gasteiger partial charge < -0.3 is 0 Å². The number of hydrogen-bond acceptors (Lipinski definition) is 2. The molecule has 11 heteroatoms. The molecule has 15 heavy (non-hydrogen) atoms. The predicted octanol–water partition coefficient (Wildman–Crippen LogP) is 3.11. The van der Waals surface area contributed by atoms with Crippen LogP contribution in [0.25, 0.3) is 0 Å². The number of hydroxylamine groups is 2. The summed E-state index contributed by atoms with van der Waals surface area (Å²) in [7, 11) is 0. The summed E-state index contributed by atoms with van der Waals surface area (Å²) in [5.41, 5.74) is 0. The molecule has 0 aromatic carbocycles. The van der Waals surface area contributed by atoms with E-state index in [9.17, 15) is 30.7 Å². The molecule has 1 saturated heterocycles. The largest absolute Gasteiger partial charge is 0.454 e. The molecule has 1 aliphatic heterocycles. The maximum Gasteiger partial charge on any atom is 0.454 e. The molecule has 0 aromatic rings. The molecule has 1 aliphatic rings. The molecule has 1 rings (SSSR count). The SMILES string of the molecule is FC(F)(F)C(F)(Cl)N1OC(F)(Cl)C1(F)F. The molecule has 2 atom stereocenters. The second kappa shape index (κ2) is 3.02. The molecule has 1 fully saturated rings. The molecule has 2 unspecified atom stereocenters. The third-order valence-corrected chi connectivity index (χ3v) is 2.07. The average molecular weight is 282 g/mol. The monoisotopic (exact) mass is 281 g/mol. The van der Waals surface area contributed by atoms with Crippen LogP contribution in [0.1, 0.15) is 0 Å². The molecule has 0 saturated carbocycles. The first-order valence-electron chi connectivity index (χ1n) is 3.03. The Hall–Kier alpha value is 0.01000. The maximum atomic E-state index is 12.6. The highest BCUT2D eigenvalue weighted by molar-refractivity contribution is 6.24. The van der Waals surface area contributed by atoms with Crippen molar-refractivity contribution >= 4 is 23.2 Å². The van der Waals surface area contributed by atoms with Crippen LogP contribution in [0.15, 0.2) is 0 Å². The molecule has 90 valence electrons. The van der Waals surface area contributed by atoms with Crippen LogP contribution in [0, 0.1) is 0 Å². The Balaban J connectivity index is 2.96. The number of alkyl halides is 9. The summed E-state index contributed by atoms with van der Waals surface area (Å²) in [4.78, 5) is 3.09. The van der Waals surface area contributed by atoms with Crippen molar-refractivity contribution in [2.45, 2.75) is 22.8 Å². The molecule has 0 spiro atoms. The van der Waals surface area contributed by atoms with E-state index >= 15 is 0 Å². The molecule has 0 aromatic heterocycles. The molecule has 2 nitrogen and oxygen atoms in total. The van der Waals surface area contributed by atoms with Gasteiger partial charge in [-0.3, -0.25) is 0 Å². The lowest BCUT2D eigenvalue weighted by molar-refractivity contribution is -0.566. The van der Waals surface area contributed by atoms with Gasteiger partial charge in [0, 0.05) is 0 Å². The summed E-state index contributed by atoms with van der Waals surface area (Å²) in [6.45, 7) is 0. The van der Waals surface area contributed by atoms with Gasteiger partial charge in [-0.05, 0) is 11.6 Å². The lowest BCUT2D eigenvalue weighted by Crippen LogP contribution is -2.75. The van der Waals surface area contributed by atoms with E-state index in [1.54, 1.807) is 0 Å². The molecular formula is C4Cl2F7NO. The van der Waals surface area contributed by atoms with Gasteiger partial charge in [0.2, 0.25) is 0 Å². The Labute approximate surface area is 87.4 Å². The van der Waals surface area contributed by atoms with Crippen LogP contribution < -0.4 is 0 Å². The van der Waals surface area contributed by atoms with Crippen molar-refractivity contribution in [1.82, 2.24) is 5.06 Å². The Morgan fingerprint density at radius 3 is 1.67 bits per heavy atom. The summed E-state index contributed by atoms with van der Waals surface area (Å²) in [5, 5.41) is -11.0. The third kappa shape index (κ3) is 1.65. The first kappa shape index (κ1) is 13.1. The summed E-state index contributed by atoms with van der Waals surface area (Å²) in [6, 6.07) is -5.04. The van der Waals surface area contributed by atoms with Gasteiger partial charge in [0.25, 0.3) is 0 Å². The topological polar surface area (TPSA) is 12.5 Å². The van der Waals surface area contributed by atoms with Gasteiger partial charge >= 0.3 is 22.8 Å². The Morgan fingerprint density at radius 2 is 1.47 bits per heavy atom. The van der Waals surface area contributed by atoms with E-state index in [-0.39, 0.29) is 0 Å². The van der Waals surface area contributed by atoms with E-state index in [4.69, 9.17) is 0 Å². The van der Waals surface area contributed by atoms with E-state index < -0.39 is 27.9 Å². The van der Waals surface area contributed by atoms with E-state index in [1.165, 1.54) is 0 Å². The maximum absolute atomic E-state index is 12.6. The van der Waals surface area contributed by atoms with Crippen LogP contribution in [-0.2, 0) is 4.84 Å². The minimum Gasteiger partial charge on any atom is -0.227 e. The quantitative estimate of drug-likeness (QED) is 0.416. The van der Waals surface area contributed by atoms with E-state index in [0.29, 0.717) is 0 Å². The van der Waals surface area contributed by atoms with Crippen LogP contribution in [0.3, 0.4) is 0 Å². The summed E-state index contributed by atoms with van der Waals surface area (Å²) >= 11 is 8.40. The lowest BCUT2D eigenvalue weighted by atomic mass is 10.4. The average Bonchev–Trinajstić information content (AvgIpc) is 1.98. The minimum atomic E-state index is -5.91. The van der Waals surface area contributed by atoms with Crippen molar-refractivity contribution in [3.05, 3.63) is 0 Å². The third-order valence-electron chi connectivity index (χ3n) is 1.41. The fourth-order valence-electron chi connectivity index (χ4n) is 0.655. The standard InChI is InChI=1S/C4Cl2F7NO/c5-1(7,3(9,10)11)14-4(12,13)2(6,8)15-14. The highest BCUT2D eigenvalue weighted by Gasteiger charge is 2.82. The molecular weight excluding hydrogens is 282 g/mol. The summed E-state index contributed by atoms with van der Waals surface area (Å²) in [5.74, 6) is 0. The normalized spacial score (nSPS) is 35.8. The van der Waals surface area contributed by atoms with Crippen molar-refractivity contribution in [2.75, 3.05) is 0 Å². The van der Waals surface area contributed by atoms with Crippen molar-refractivity contribution in [1.29, 1.82) is 0 Å². The van der Waals surface area contributed by atoms with Gasteiger partial charge in [-0.1, -0.05) is 16.7 Å². The fraction of sp³-hybridized carbons (Fsp3) is 1.00. The lowest BCUT2D eigenvalue weighted by Gasteiger charge is -2.49. The summed E-state index contributed by atoms with van der Waals surface area (Å²) < 4.78 is 85.2. The first-order valence-corrected chi connectivity index (χ1v) is 3.79. The second-order valence-electron chi connectivity index (χ2n) is 2.48. The number of nitrogens with zero attached hydrogens (tertiary/aromatic N) is 1. The van der Waals surface area contributed by atoms with Crippen molar-refractivity contribution in [3.8, 4) is 0 Å². The van der Waals surface area contributed by atoms with Crippen LogP contribution in [0.4, 0.5) is 30.7 Å². The van der Waals surface area contributed by atoms with Gasteiger partial charge in [-0.2, -0.15) is 30.7 Å². The van der Waals surface area contributed by atoms with Crippen molar-refractivity contribution in [2.24, 2.45) is 0 Å². The highest BCUT2D eigenvalue weighted by Crippen LogP contribution is 2.58. The van der Waals surface area contributed by atoms with Crippen LogP contribution in [-0.4, -0.2) is 27.9 Å². The Morgan fingerprint density at radius 1 is 1.07 bits per heavy atom.